The van der Waals surface area contributed by atoms with Crippen molar-refractivity contribution < 1.29 is 8.95 Å². The lowest BCUT2D eigenvalue weighted by Gasteiger charge is -2.28. The molecule has 4 N–H and O–H groups in total. The van der Waals surface area contributed by atoms with E-state index in [0.29, 0.717) is 17.9 Å². The first-order valence-corrected chi connectivity index (χ1v) is 8.55. The molecule has 2 rings (SSSR count). The Labute approximate surface area is 134 Å². The van der Waals surface area contributed by atoms with E-state index < -0.39 is 11.2 Å². The van der Waals surface area contributed by atoms with E-state index in [2.05, 4.69) is 14.4 Å². The van der Waals surface area contributed by atoms with Gasteiger partial charge in [-0.3, -0.25) is 0 Å². The van der Waals surface area contributed by atoms with Crippen LogP contribution < -0.4 is 20.5 Å². The molecule has 0 saturated heterocycles. The van der Waals surface area contributed by atoms with Crippen LogP contribution in [-0.2, 0) is 11.2 Å². The molecule has 1 saturated carbocycles. The summed E-state index contributed by atoms with van der Waals surface area (Å²) < 4.78 is 23.9. The third-order valence-electron chi connectivity index (χ3n) is 4.11. The zero-order valence-electron chi connectivity index (χ0n) is 13.1. The van der Waals surface area contributed by atoms with Gasteiger partial charge in [0.25, 0.3) is 0 Å². The number of para-hydroxylation sites is 1. The van der Waals surface area contributed by atoms with Crippen LogP contribution in [-0.4, -0.2) is 36.3 Å². The van der Waals surface area contributed by atoms with Crippen molar-refractivity contribution in [2.45, 2.75) is 31.2 Å². The molecule has 6 nitrogen and oxygen atoms in total. The van der Waals surface area contributed by atoms with Gasteiger partial charge < -0.3 is 15.8 Å². The average Bonchev–Trinajstić information content (AvgIpc) is 3.02. The Morgan fingerprint density at radius 1 is 1.36 bits per heavy atom. The highest BCUT2D eigenvalue weighted by Gasteiger charge is 2.33. The van der Waals surface area contributed by atoms with Gasteiger partial charge in [-0.05, 0) is 39.1 Å². The predicted molar refractivity (Wildman–Crippen MR) is 90.1 cm³/mol. The van der Waals surface area contributed by atoms with E-state index in [1.807, 2.05) is 31.3 Å². The maximum Gasteiger partial charge on any atom is 0.217 e. The van der Waals surface area contributed by atoms with Gasteiger partial charge >= 0.3 is 0 Å². The molecule has 1 atom stereocenters. The third-order valence-corrected chi connectivity index (χ3v) is 4.83. The molecule has 0 spiro atoms. The molecule has 1 fully saturated rings. The molecule has 1 aliphatic carbocycles. The molecule has 122 valence electrons. The van der Waals surface area contributed by atoms with Crippen LogP contribution in [0, 0.1) is 0 Å². The van der Waals surface area contributed by atoms with Crippen LogP contribution in [0.5, 0.6) is 5.75 Å². The van der Waals surface area contributed by atoms with Crippen LogP contribution in [0.4, 0.5) is 0 Å². The predicted octanol–water partition coefficient (Wildman–Crippen LogP) is 1.10. The van der Waals surface area contributed by atoms with Crippen LogP contribution in [0.1, 0.15) is 31.2 Å². The molecule has 0 aliphatic heterocycles. The summed E-state index contributed by atoms with van der Waals surface area (Å²) in [4.78, 5) is 0. The normalized spacial score (nSPS) is 19.1. The average molecular weight is 324 g/mol. The molecule has 0 aromatic heterocycles. The maximum absolute atomic E-state index is 11.5. The lowest BCUT2D eigenvalue weighted by molar-refractivity contribution is 0.191. The Bertz CT molecular complexity index is 556. The first kappa shape index (κ1) is 16.9. The lowest BCUT2D eigenvalue weighted by Crippen LogP contribution is -2.45. The number of nitrogens with two attached hydrogens (primary N) is 1. The van der Waals surface area contributed by atoms with Gasteiger partial charge in [0.15, 0.2) is 0 Å². The minimum atomic E-state index is -1.54. The van der Waals surface area contributed by atoms with Gasteiger partial charge in [-0.1, -0.05) is 25.0 Å². The van der Waals surface area contributed by atoms with E-state index in [1.165, 1.54) is 12.8 Å². The minimum Gasteiger partial charge on any atom is -0.491 e. The van der Waals surface area contributed by atoms with Crippen molar-refractivity contribution in [3.63, 3.8) is 0 Å². The highest BCUT2D eigenvalue weighted by atomic mass is 32.2. The smallest absolute Gasteiger partial charge is 0.217 e. The second-order valence-corrected chi connectivity index (χ2v) is 6.54. The first-order valence-electron chi connectivity index (χ1n) is 7.45. The fraction of sp³-hybridized carbons (Fsp3) is 0.533. The Hall–Kier alpha value is -1.44. The molecule has 22 heavy (non-hydrogen) atoms. The van der Waals surface area contributed by atoms with Gasteiger partial charge in [0, 0.05) is 0 Å². The number of nitrogens with zero attached hydrogens (tertiary/aromatic N) is 1. The minimum absolute atomic E-state index is 0.0345. The van der Waals surface area contributed by atoms with Crippen LogP contribution >= 0.6 is 0 Å². The maximum atomic E-state index is 11.5. The Morgan fingerprint density at radius 3 is 2.68 bits per heavy atom. The fourth-order valence-corrected chi connectivity index (χ4v) is 3.09. The van der Waals surface area contributed by atoms with E-state index in [4.69, 9.17) is 10.5 Å². The third kappa shape index (κ3) is 4.06. The van der Waals surface area contributed by atoms with Crippen LogP contribution in [0.25, 0.3) is 0 Å². The van der Waals surface area contributed by atoms with E-state index in [9.17, 15) is 4.21 Å². The molecule has 1 aliphatic rings. The summed E-state index contributed by atoms with van der Waals surface area (Å²) in [6, 6.07) is 7.43. The molecule has 0 radical (unpaired) electrons. The van der Waals surface area contributed by atoms with E-state index in [0.717, 1.165) is 12.8 Å². The second-order valence-electron chi connectivity index (χ2n) is 5.45. The summed E-state index contributed by atoms with van der Waals surface area (Å²) in [5, 5.41) is 3.39. The summed E-state index contributed by atoms with van der Waals surface area (Å²) >= 11 is -1.54. The fourth-order valence-electron chi connectivity index (χ4n) is 2.72. The van der Waals surface area contributed by atoms with Crippen LogP contribution in [0.15, 0.2) is 28.7 Å². The van der Waals surface area contributed by atoms with Crippen molar-refractivity contribution in [2.75, 3.05) is 20.7 Å². The number of hydrogen-bond acceptors (Lipinski definition) is 3. The Kier molecular flexibility index (Phi) is 5.93. The molecule has 0 amide bonds. The van der Waals surface area contributed by atoms with E-state index in [-0.39, 0.29) is 11.4 Å². The van der Waals surface area contributed by atoms with Gasteiger partial charge in [-0.2, -0.15) is 4.40 Å². The molecule has 1 aromatic carbocycles. The zero-order chi connectivity index (χ0) is 16.0. The van der Waals surface area contributed by atoms with Gasteiger partial charge in [0.1, 0.15) is 18.2 Å². The van der Waals surface area contributed by atoms with Crippen molar-refractivity contribution in [1.29, 1.82) is 0 Å². The Morgan fingerprint density at radius 2 is 2.05 bits per heavy atom. The molecular weight excluding hydrogens is 300 g/mol. The van der Waals surface area contributed by atoms with Crippen molar-refractivity contribution in [3.05, 3.63) is 29.8 Å². The van der Waals surface area contributed by atoms with Gasteiger partial charge in [0.2, 0.25) is 11.2 Å². The van der Waals surface area contributed by atoms with Gasteiger partial charge in [-0.15, -0.1) is 0 Å². The molecule has 7 heteroatoms. The highest BCUT2D eigenvalue weighted by molar-refractivity contribution is 7.81. The SMILES string of the molecule is CNS(=O)/N=C(/N)c1ccccc1OCC1(NC)CCCC1. The molecule has 0 bridgehead atoms. The van der Waals surface area contributed by atoms with Crippen molar-refractivity contribution in [1.82, 2.24) is 10.0 Å². The monoisotopic (exact) mass is 324 g/mol. The molecule has 1 unspecified atom stereocenters. The van der Waals surface area contributed by atoms with Crippen molar-refractivity contribution in [2.24, 2.45) is 10.1 Å². The largest absolute Gasteiger partial charge is 0.491 e. The number of rotatable bonds is 7. The van der Waals surface area contributed by atoms with Crippen LogP contribution in [0.2, 0.25) is 0 Å². The van der Waals surface area contributed by atoms with Gasteiger partial charge in [-0.25, -0.2) is 8.93 Å². The summed E-state index contributed by atoms with van der Waals surface area (Å²) in [7, 11) is 3.54. The van der Waals surface area contributed by atoms with E-state index >= 15 is 0 Å². The Balaban J connectivity index is 2.15. The highest BCUT2D eigenvalue weighted by Crippen LogP contribution is 2.30. The number of benzene rings is 1. The van der Waals surface area contributed by atoms with Gasteiger partial charge in [0.05, 0.1) is 11.1 Å². The topological polar surface area (TPSA) is 88.7 Å². The quantitative estimate of drug-likeness (QED) is 0.518. The molecule has 1 aromatic rings. The lowest BCUT2D eigenvalue weighted by atomic mass is 9.99. The second kappa shape index (κ2) is 7.71. The van der Waals surface area contributed by atoms with E-state index in [1.54, 1.807) is 7.05 Å². The van der Waals surface area contributed by atoms with Crippen molar-refractivity contribution >= 4 is 17.0 Å². The first-order chi connectivity index (χ1) is 10.6. The summed E-state index contributed by atoms with van der Waals surface area (Å²) in [6.07, 6.45) is 4.66. The summed E-state index contributed by atoms with van der Waals surface area (Å²) in [6.45, 7) is 0.586. The number of ether oxygens (including phenoxy) is 1. The van der Waals surface area contributed by atoms with Crippen molar-refractivity contribution in [3.8, 4) is 5.75 Å². The summed E-state index contributed by atoms with van der Waals surface area (Å²) in [5.74, 6) is 0.867. The summed E-state index contributed by atoms with van der Waals surface area (Å²) in [5.41, 5.74) is 6.64. The standard InChI is InChI=1S/C15H24N4O2S/c1-17-15(9-5-6-10-15)11-21-13-8-4-3-7-12(13)14(16)19-22(20)18-2/h3-4,7-8,17-18H,5-6,9-11H2,1-2H3,(H2,16,19). The van der Waals surface area contributed by atoms with Crippen LogP contribution in [0.3, 0.4) is 0 Å². The number of likely N-dealkylation sites (N-methyl/N-ethyl adjacent to an activating group) is 1. The number of hydrogen-bond donors (Lipinski definition) is 3. The molecule has 0 heterocycles. The number of amidine groups is 1. The zero-order valence-corrected chi connectivity index (χ0v) is 13.9. The number of nitrogens with one attached hydrogen (secondary N) is 2. The molecular formula is C15H24N4O2S.